The molecular formula is C23H27N3O2. The van der Waals surface area contributed by atoms with Gasteiger partial charge in [0.2, 0.25) is 0 Å². The van der Waals surface area contributed by atoms with Crippen molar-refractivity contribution in [3.63, 3.8) is 0 Å². The van der Waals surface area contributed by atoms with Gasteiger partial charge in [-0.25, -0.2) is 9.67 Å². The summed E-state index contributed by atoms with van der Waals surface area (Å²) < 4.78 is 12.9. The van der Waals surface area contributed by atoms with Crippen LogP contribution in [0.4, 0.5) is 0 Å². The lowest BCUT2D eigenvalue weighted by molar-refractivity contribution is 0.304. The molecule has 2 aromatic carbocycles. The van der Waals surface area contributed by atoms with Crippen molar-refractivity contribution in [3.8, 4) is 11.5 Å². The van der Waals surface area contributed by atoms with Crippen molar-refractivity contribution in [2.75, 3.05) is 14.2 Å². The first-order valence-corrected chi connectivity index (χ1v) is 9.90. The van der Waals surface area contributed by atoms with Crippen molar-refractivity contribution < 1.29 is 9.47 Å². The summed E-state index contributed by atoms with van der Waals surface area (Å²) in [6, 6.07) is 15.3. The number of fused-ring (bicyclic) bond motifs is 1. The minimum Gasteiger partial charge on any atom is -0.497 e. The normalized spacial score (nSPS) is 19.7. The van der Waals surface area contributed by atoms with E-state index in [1.807, 2.05) is 11.0 Å². The number of hydrogen-bond donors (Lipinski definition) is 0. The van der Waals surface area contributed by atoms with Gasteiger partial charge in [0.05, 0.1) is 20.3 Å². The second-order valence-electron chi connectivity index (χ2n) is 7.36. The van der Waals surface area contributed by atoms with Gasteiger partial charge in [0.15, 0.2) is 0 Å². The van der Waals surface area contributed by atoms with Gasteiger partial charge in [-0.2, -0.15) is 5.10 Å². The van der Waals surface area contributed by atoms with Crippen LogP contribution in [-0.2, 0) is 6.42 Å². The summed E-state index contributed by atoms with van der Waals surface area (Å²) in [7, 11) is 3.44. The lowest BCUT2D eigenvalue weighted by Gasteiger charge is -2.39. The first-order valence-electron chi connectivity index (χ1n) is 9.90. The zero-order valence-corrected chi connectivity index (χ0v) is 16.7. The molecule has 1 aliphatic rings. The molecule has 0 aliphatic heterocycles. The molecule has 28 heavy (non-hydrogen) atoms. The third-order valence-electron chi connectivity index (χ3n) is 6.02. The zero-order valence-electron chi connectivity index (χ0n) is 16.7. The Kier molecular flexibility index (Phi) is 5.33. The highest BCUT2D eigenvalue weighted by Gasteiger charge is 2.37. The van der Waals surface area contributed by atoms with Gasteiger partial charge in [0, 0.05) is 5.92 Å². The van der Waals surface area contributed by atoms with Crippen molar-refractivity contribution in [2.45, 2.75) is 44.1 Å². The highest BCUT2D eigenvalue weighted by atomic mass is 16.5. The minimum atomic E-state index is 0.252. The molecule has 1 aliphatic carbocycles. The van der Waals surface area contributed by atoms with Gasteiger partial charge in [0.1, 0.15) is 24.2 Å². The maximum atomic E-state index is 5.47. The van der Waals surface area contributed by atoms with Gasteiger partial charge < -0.3 is 9.47 Å². The van der Waals surface area contributed by atoms with E-state index in [-0.39, 0.29) is 6.04 Å². The number of rotatable bonds is 6. The quantitative estimate of drug-likeness (QED) is 0.621. The topological polar surface area (TPSA) is 49.2 Å². The molecule has 0 fully saturated rings. The fraction of sp³-hybridized carbons (Fsp3) is 0.391. The van der Waals surface area contributed by atoms with E-state index in [1.165, 1.54) is 16.7 Å². The van der Waals surface area contributed by atoms with Crippen LogP contribution in [0.25, 0.3) is 0 Å². The Balaban J connectivity index is 1.80. The molecule has 1 heterocycles. The van der Waals surface area contributed by atoms with Crippen molar-refractivity contribution in [3.05, 3.63) is 71.8 Å². The van der Waals surface area contributed by atoms with Crippen LogP contribution in [-0.4, -0.2) is 29.0 Å². The summed E-state index contributed by atoms with van der Waals surface area (Å²) >= 11 is 0. The van der Waals surface area contributed by atoms with E-state index in [9.17, 15) is 0 Å². The summed E-state index contributed by atoms with van der Waals surface area (Å²) in [6.45, 7) is 2.23. The summed E-state index contributed by atoms with van der Waals surface area (Å²) in [6.07, 6.45) is 6.61. The molecule has 5 heteroatoms. The lowest BCUT2D eigenvalue weighted by Crippen LogP contribution is -2.28. The number of benzene rings is 2. The number of hydrogen-bond acceptors (Lipinski definition) is 4. The Labute approximate surface area is 166 Å². The van der Waals surface area contributed by atoms with E-state index >= 15 is 0 Å². The number of methoxy groups -OCH3 is 2. The molecule has 4 rings (SSSR count). The van der Waals surface area contributed by atoms with E-state index in [0.29, 0.717) is 11.8 Å². The van der Waals surface area contributed by atoms with E-state index in [1.54, 1.807) is 20.5 Å². The molecular weight excluding hydrogens is 350 g/mol. The third kappa shape index (κ3) is 3.37. The molecule has 0 amide bonds. The largest absolute Gasteiger partial charge is 0.497 e. The van der Waals surface area contributed by atoms with Gasteiger partial charge in [-0.15, -0.1) is 0 Å². The van der Waals surface area contributed by atoms with Crippen molar-refractivity contribution in [1.82, 2.24) is 14.8 Å². The summed E-state index contributed by atoms with van der Waals surface area (Å²) in [4.78, 5) is 4.20. The first kappa shape index (κ1) is 18.5. The molecule has 3 aromatic rings. The molecule has 146 valence electrons. The Morgan fingerprint density at radius 3 is 2.46 bits per heavy atom. The number of aryl methyl sites for hydroxylation is 1. The summed E-state index contributed by atoms with van der Waals surface area (Å²) in [5.74, 6) is 2.56. The monoisotopic (exact) mass is 377 g/mol. The van der Waals surface area contributed by atoms with Crippen LogP contribution in [0.5, 0.6) is 11.5 Å². The Bertz CT molecular complexity index is 906. The van der Waals surface area contributed by atoms with E-state index < -0.39 is 0 Å². The van der Waals surface area contributed by atoms with Crippen LogP contribution in [0.1, 0.15) is 54.3 Å². The fourth-order valence-corrected chi connectivity index (χ4v) is 4.65. The smallest absolute Gasteiger partial charge is 0.137 e. The van der Waals surface area contributed by atoms with Gasteiger partial charge in [-0.05, 0) is 66.1 Å². The van der Waals surface area contributed by atoms with Gasteiger partial charge in [0.25, 0.3) is 0 Å². The molecule has 1 aromatic heterocycles. The first-order chi connectivity index (χ1) is 13.7. The van der Waals surface area contributed by atoms with Crippen molar-refractivity contribution in [2.24, 2.45) is 0 Å². The highest BCUT2D eigenvalue weighted by Crippen LogP contribution is 2.49. The average Bonchev–Trinajstić information content (AvgIpc) is 3.28. The van der Waals surface area contributed by atoms with E-state index in [4.69, 9.17) is 9.47 Å². The van der Waals surface area contributed by atoms with Crippen LogP contribution in [0.2, 0.25) is 0 Å². The van der Waals surface area contributed by atoms with Gasteiger partial charge in [-0.1, -0.05) is 25.1 Å². The maximum Gasteiger partial charge on any atom is 0.137 e. The standard InChI is InChI=1S/C23H27N3O2/c1-4-22(26-15-24-14-25-26)23-20(16-5-8-18(27-2)9-6-16)11-7-17-13-19(28-3)10-12-21(17)23/h5-6,8-10,12-15,20,22-23H,4,7,11H2,1-3H3. The number of aromatic nitrogens is 3. The Morgan fingerprint density at radius 2 is 1.82 bits per heavy atom. The zero-order chi connectivity index (χ0) is 19.5. The summed E-state index contributed by atoms with van der Waals surface area (Å²) in [5, 5.41) is 4.49. The average molecular weight is 377 g/mol. The van der Waals surface area contributed by atoms with E-state index in [0.717, 1.165) is 30.8 Å². The van der Waals surface area contributed by atoms with Crippen LogP contribution in [0.15, 0.2) is 55.1 Å². The molecule has 3 unspecified atom stereocenters. The molecule has 3 atom stereocenters. The predicted molar refractivity (Wildman–Crippen MR) is 109 cm³/mol. The second kappa shape index (κ2) is 8.05. The molecule has 0 bridgehead atoms. The molecule has 0 spiro atoms. The Morgan fingerprint density at radius 1 is 1.07 bits per heavy atom. The van der Waals surface area contributed by atoms with Crippen LogP contribution in [0, 0.1) is 0 Å². The maximum absolute atomic E-state index is 5.47. The highest BCUT2D eigenvalue weighted by molar-refractivity contribution is 5.43. The van der Waals surface area contributed by atoms with Crippen molar-refractivity contribution >= 4 is 0 Å². The molecule has 0 saturated carbocycles. The van der Waals surface area contributed by atoms with Crippen molar-refractivity contribution in [1.29, 1.82) is 0 Å². The van der Waals surface area contributed by atoms with Crippen LogP contribution < -0.4 is 9.47 Å². The van der Waals surface area contributed by atoms with Crippen LogP contribution >= 0.6 is 0 Å². The molecule has 0 saturated heterocycles. The number of nitrogens with zero attached hydrogens (tertiary/aromatic N) is 3. The Hall–Kier alpha value is -2.82. The van der Waals surface area contributed by atoms with Gasteiger partial charge >= 0.3 is 0 Å². The minimum absolute atomic E-state index is 0.252. The third-order valence-corrected chi connectivity index (χ3v) is 6.02. The number of ether oxygens (including phenoxy) is 2. The molecule has 5 nitrogen and oxygen atoms in total. The second-order valence-corrected chi connectivity index (χ2v) is 7.36. The fourth-order valence-electron chi connectivity index (χ4n) is 4.65. The molecule has 0 radical (unpaired) electrons. The lowest BCUT2D eigenvalue weighted by atomic mass is 9.68. The van der Waals surface area contributed by atoms with Crippen LogP contribution in [0.3, 0.4) is 0 Å². The van der Waals surface area contributed by atoms with E-state index in [2.05, 4.69) is 59.5 Å². The van der Waals surface area contributed by atoms with Gasteiger partial charge in [-0.3, -0.25) is 0 Å². The predicted octanol–water partition coefficient (Wildman–Crippen LogP) is 4.76. The molecule has 0 N–H and O–H groups in total. The SMILES string of the molecule is CCC(C1c2ccc(OC)cc2CCC1c1ccc(OC)cc1)n1cncn1. The summed E-state index contributed by atoms with van der Waals surface area (Å²) in [5.41, 5.74) is 4.13.